The van der Waals surface area contributed by atoms with E-state index in [-0.39, 0.29) is 16.8 Å². The summed E-state index contributed by atoms with van der Waals surface area (Å²) in [4.78, 5) is 12.7. The summed E-state index contributed by atoms with van der Waals surface area (Å²) in [7, 11) is -3.38. The minimum Gasteiger partial charge on any atom is -0.478 e. The van der Waals surface area contributed by atoms with Crippen LogP contribution >= 0.6 is 11.6 Å². The molecule has 1 N–H and O–H groups in total. The van der Waals surface area contributed by atoms with Gasteiger partial charge < -0.3 is 9.15 Å². The molecule has 0 aliphatic heterocycles. The second-order valence-electron chi connectivity index (χ2n) is 6.73. The van der Waals surface area contributed by atoms with E-state index in [0.29, 0.717) is 16.3 Å². The SMILES string of the molecule is CC(C)(Oc1ccc(Cl)cc1)C(=O)Nc1nnc(-c2cccc(S(C)(=O)=O)c2)o1. The Kier molecular flexibility index (Phi) is 5.63. The van der Waals surface area contributed by atoms with Gasteiger partial charge in [-0.3, -0.25) is 10.1 Å². The Morgan fingerprint density at radius 3 is 2.48 bits per heavy atom. The molecule has 0 aliphatic carbocycles. The molecule has 10 heteroatoms. The summed E-state index contributed by atoms with van der Waals surface area (Å²) >= 11 is 5.84. The smallest absolute Gasteiger partial charge is 0.322 e. The highest BCUT2D eigenvalue weighted by atomic mass is 35.5. The van der Waals surface area contributed by atoms with Crippen molar-refractivity contribution in [1.29, 1.82) is 0 Å². The van der Waals surface area contributed by atoms with Crippen LogP contribution in [0.15, 0.2) is 57.8 Å². The van der Waals surface area contributed by atoms with Crippen LogP contribution in [0.5, 0.6) is 5.75 Å². The fourth-order valence-corrected chi connectivity index (χ4v) is 3.13. The van der Waals surface area contributed by atoms with Crippen molar-refractivity contribution in [2.45, 2.75) is 24.3 Å². The maximum atomic E-state index is 12.6. The Morgan fingerprint density at radius 2 is 1.83 bits per heavy atom. The van der Waals surface area contributed by atoms with Crippen LogP contribution in [0.4, 0.5) is 6.01 Å². The van der Waals surface area contributed by atoms with Gasteiger partial charge in [0, 0.05) is 16.8 Å². The number of anilines is 1. The Balaban J connectivity index is 1.74. The van der Waals surface area contributed by atoms with Crippen LogP contribution < -0.4 is 10.1 Å². The van der Waals surface area contributed by atoms with Crippen LogP contribution in [-0.2, 0) is 14.6 Å². The Morgan fingerprint density at radius 1 is 1.14 bits per heavy atom. The van der Waals surface area contributed by atoms with Gasteiger partial charge in [-0.2, -0.15) is 0 Å². The number of benzene rings is 2. The summed E-state index contributed by atoms with van der Waals surface area (Å²) in [6.07, 6.45) is 1.11. The predicted octanol–water partition coefficient (Wildman–Crippen LogP) is 3.59. The third-order valence-electron chi connectivity index (χ3n) is 3.89. The summed E-state index contributed by atoms with van der Waals surface area (Å²) in [5.74, 6) is 0.0353. The topological polar surface area (TPSA) is 111 Å². The van der Waals surface area contributed by atoms with Gasteiger partial charge in [0.25, 0.3) is 5.91 Å². The molecule has 3 aromatic rings. The lowest BCUT2D eigenvalue weighted by atomic mass is 10.1. The Hall–Kier alpha value is -2.91. The molecule has 0 aliphatic rings. The number of carbonyl (C=O) groups excluding carboxylic acids is 1. The molecular weight excluding hydrogens is 418 g/mol. The number of rotatable bonds is 6. The monoisotopic (exact) mass is 435 g/mol. The number of hydrogen-bond acceptors (Lipinski definition) is 7. The van der Waals surface area contributed by atoms with Gasteiger partial charge in [0.15, 0.2) is 15.4 Å². The highest BCUT2D eigenvalue weighted by molar-refractivity contribution is 7.90. The number of sulfone groups is 1. The molecule has 3 rings (SSSR count). The fourth-order valence-electron chi connectivity index (χ4n) is 2.34. The summed E-state index contributed by atoms with van der Waals surface area (Å²) in [6.45, 7) is 3.17. The Labute approximate surface area is 172 Å². The third-order valence-corrected chi connectivity index (χ3v) is 5.25. The summed E-state index contributed by atoms with van der Waals surface area (Å²) < 4.78 is 34.6. The number of ether oxygens (including phenoxy) is 1. The van der Waals surface area contributed by atoms with Gasteiger partial charge in [-0.15, -0.1) is 5.10 Å². The van der Waals surface area contributed by atoms with Crippen molar-refractivity contribution in [2.75, 3.05) is 11.6 Å². The molecule has 0 unspecified atom stereocenters. The average molecular weight is 436 g/mol. The molecule has 1 heterocycles. The minimum absolute atomic E-state index is 0.0715. The van der Waals surface area contributed by atoms with E-state index in [1.165, 1.54) is 12.1 Å². The highest BCUT2D eigenvalue weighted by Gasteiger charge is 2.31. The molecule has 29 heavy (non-hydrogen) atoms. The lowest BCUT2D eigenvalue weighted by molar-refractivity contribution is -0.128. The van der Waals surface area contributed by atoms with Crippen LogP contribution in [0, 0.1) is 0 Å². The number of aromatic nitrogens is 2. The maximum Gasteiger partial charge on any atom is 0.322 e. The first-order valence-electron chi connectivity index (χ1n) is 8.45. The van der Waals surface area contributed by atoms with E-state index in [2.05, 4.69) is 15.5 Å². The zero-order chi connectivity index (χ0) is 21.2. The first kappa shape index (κ1) is 20.8. The number of halogens is 1. The number of carbonyl (C=O) groups is 1. The number of nitrogens with zero attached hydrogens (tertiary/aromatic N) is 2. The fraction of sp³-hybridized carbons (Fsp3) is 0.211. The van der Waals surface area contributed by atoms with Crippen LogP contribution in [0.3, 0.4) is 0 Å². The normalized spacial score (nSPS) is 11.9. The van der Waals surface area contributed by atoms with E-state index in [4.69, 9.17) is 20.8 Å². The van der Waals surface area contributed by atoms with Gasteiger partial charge in [0.2, 0.25) is 5.89 Å². The zero-order valence-electron chi connectivity index (χ0n) is 15.8. The number of amides is 1. The molecule has 0 spiro atoms. The highest BCUT2D eigenvalue weighted by Crippen LogP contribution is 2.25. The van der Waals surface area contributed by atoms with Gasteiger partial charge in [-0.05, 0) is 56.3 Å². The molecule has 0 atom stereocenters. The molecule has 0 saturated carbocycles. The first-order chi connectivity index (χ1) is 13.5. The molecule has 0 bridgehead atoms. The standard InChI is InChI=1S/C19H18ClN3O5S/c1-19(2,28-14-9-7-13(20)8-10-14)17(24)21-18-23-22-16(27-18)12-5-4-6-15(11-12)29(3,25)26/h4-11H,1-3H3,(H,21,23,24). The van der Waals surface area contributed by atoms with Crippen molar-refractivity contribution in [3.05, 3.63) is 53.6 Å². The molecule has 1 aromatic heterocycles. The number of nitrogens with one attached hydrogen (secondary N) is 1. The van der Waals surface area contributed by atoms with Crippen LogP contribution in [0.25, 0.3) is 11.5 Å². The van der Waals surface area contributed by atoms with Crippen LogP contribution in [0.1, 0.15) is 13.8 Å². The first-order valence-corrected chi connectivity index (χ1v) is 10.7. The summed E-state index contributed by atoms with van der Waals surface area (Å²) in [6, 6.07) is 12.5. The van der Waals surface area contributed by atoms with E-state index in [9.17, 15) is 13.2 Å². The number of hydrogen-bond donors (Lipinski definition) is 1. The maximum absolute atomic E-state index is 12.6. The summed E-state index contributed by atoms with van der Waals surface area (Å²) in [5.41, 5.74) is -0.823. The lowest BCUT2D eigenvalue weighted by Gasteiger charge is -2.24. The zero-order valence-corrected chi connectivity index (χ0v) is 17.4. The molecule has 152 valence electrons. The molecule has 0 fully saturated rings. The van der Waals surface area contributed by atoms with Crippen molar-refractivity contribution in [1.82, 2.24) is 10.2 Å². The summed E-state index contributed by atoms with van der Waals surface area (Å²) in [5, 5.41) is 10.7. The second-order valence-corrected chi connectivity index (χ2v) is 9.18. The van der Waals surface area contributed by atoms with E-state index < -0.39 is 21.3 Å². The van der Waals surface area contributed by atoms with E-state index in [0.717, 1.165) is 6.26 Å². The minimum atomic E-state index is -3.38. The van der Waals surface area contributed by atoms with Crippen molar-refractivity contribution in [2.24, 2.45) is 0 Å². The van der Waals surface area contributed by atoms with Crippen molar-refractivity contribution < 1.29 is 22.4 Å². The second kappa shape index (κ2) is 7.84. The van der Waals surface area contributed by atoms with Gasteiger partial charge in [0.05, 0.1) is 4.90 Å². The van der Waals surface area contributed by atoms with Crippen molar-refractivity contribution in [3.8, 4) is 17.2 Å². The molecule has 0 radical (unpaired) electrons. The lowest BCUT2D eigenvalue weighted by Crippen LogP contribution is -2.42. The van der Waals surface area contributed by atoms with E-state index in [1.807, 2.05) is 0 Å². The van der Waals surface area contributed by atoms with Gasteiger partial charge in [0.1, 0.15) is 5.75 Å². The Bertz CT molecular complexity index is 1140. The van der Waals surface area contributed by atoms with Crippen molar-refractivity contribution in [3.63, 3.8) is 0 Å². The van der Waals surface area contributed by atoms with Gasteiger partial charge >= 0.3 is 6.01 Å². The molecule has 1 amide bonds. The largest absolute Gasteiger partial charge is 0.478 e. The van der Waals surface area contributed by atoms with E-state index >= 15 is 0 Å². The van der Waals surface area contributed by atoms with Gasteiger partial charge in [-0.25, -0.2) is 8.42 Å². The van der Waals surface area contributed by atoms with Crippen LogP contribution in [0.2, 0.25) is 5.02 Å². The average Bonchev–Trinajstić information content (AvgIpc) is 3.11. The van der Waals surface area contributed by atoms with Gasteiger partial charge in [-0.1, -0.05) is 22.8 Å². The molecule has 8 nitrogen and oxygen atoms in total. The van der Waals surface area contributed by atoms with E-state index in [1.54, 1.807) is 50.2 Å². The third kappa shape index (κ3) is 5.12. The quantitative estimate of drug-likeness (QED) is 0.629. The van der Waals surface area contributed by atoms with Crippen LogP contribution in [-0.4, -0.2) is 36.4 Å². The van der Waals surface area contributed by atoms with Crippen molar-refractivity contribution >= 4 is 33.4 Å². The molecule has 0 saturated heterocycles. The molecule has 2 aromatic carbocycles. The predicted molar refractivity (Wildman–Crippen MR) is 108 cm³/mol. The molecular formula is C19H18ClN3O5S.